The molecule has 0 spiro atoms. The van der Waals surface area contributed by atoms with Gasteiger partial charge in [0.25, 0.3) is 5.56 Å². The highest BCUT2D eigenvalue weighted by Crippen LogP contribution is 2.21. The second-order valence-electron chi connectivity index (χ2n) is 4.87. The second-order valence-corrected chi connectivity index (χ2v) is 7.42. The van der Waals surface area contributed by atoms with E-state index in [1.165, 1.54) is 4.68 Å². The average Bonchev–Trinajstić information content (AvgIpc) is 2.98. The number of carbonyl (C=O) groups excluding carboxylic acids is 1. The normalized spacial score (nSPS) is 10.8. The minimum atomic E-state index is -0.231. The van der Waals surface area contributed by atoms with E-state index in [2.05, 4.69) is 31.6 Å². The summed E-state index contributed by atoms with van der Waals surface area (Å²) < 4.78 is 2.25. The lowest BCUT2D eigenvalue weighted by Gasteiger charge is -2.05. The predicted molar refractivity (Wildman–Crippen MR) is 92.3 cm³/mol. The van der Waals surface area contributed by atoms with Crippen LogP contribution in [0.25, 0.3) is 10.9 Å². The summed E-state index contributed by atoms with van der Waals surface area (Å²) in [6, 6.07) is 10.9. The molecule has 8 heteroatoms. The van der Waals surface area contributed by atoms with E-state index in [9.17, 15) is 9.59 Å². The van der Waals surface area contributed by atoms with Crippen molar-refractivity contribution in [2.24, 2.45) is 0 Å². The molecule has 0 aliphatic heterocycles. The van der Waals surface area contributed by atoms with Crippen LogP contribution >= 0.6 is 27.3 Å². The summed E-state index contributed by atoms with van der Waals surface area (Å²) >= 11 is 4.95. The van der Waals surface area contributed by atoms with Gasteiger partial charge >= 0.3 is 0 Å². The first-order valence-electron chi connectivity index (χ1n) is 6.97. The van der Waals surface area contributed by atoms with Crippen LogP contribution in [0, 0.1) is 0 Å². The molecular weight excluding hydrogens is 380 g/mol. The van der Waals surface area contributed by atoms with Gasteiger partial charge in [-0.3, -0.25) is 9.59 Å². The summed E-state index contributed by atoms with van der Waals surface area (Å²) in [5, 5.41) is 11.2. The highest BCUT2D eigenvalue weighted by Gasteiger charge is 2.08. The number of halogens is 1. The van der Waals surface area contributed by atoms with Gasteiger partial charge in [0, 0.05) is 11.3 Å². The number of benzene rings is 1. The van der Waals surface area contributed by atoms with E-state index in [1.54, 1.807) is 35.6 Å². The molecule has 0 atom stereocenters. The summed E-state index contributed by atoms with van der Waals surface area (Å²) in [6.45, 7) is 0.685. The van der Waals surface area contributed by atoms with Gasteiger partial charge in [0.1, 0.15) is 5.52 Å². The Morgan fingerprint density at radius 2 is 2.09 bits per heavy atom. The van der Waals surface area contributed by atoms with Crippen molar-refractivity contribution in [3.63, 3.8) is 0 Å². The molecule has 23 heavy (non-hydrogen) atoms. The zero-order valence-electron chi connectivity index (χ0n) is 12.0. The summed E-state index contributed by atoms with van der Waals surface area (Å²) in [5.41, 5.74) is 0.326. The Labute approximate surface area is 144 Å². The van der Waals surface area contributed by atoms with Crippen molar-refractivity contribution < 1.29 is 4.79 Å². The van der Waals surface area contributed by atoms with Crippen molar-refractivity contribution in [1.29, 1.82) is 0 Å². The second kappa shape index (κ2) is 7.01. The van der Waals surface area contributed by atoms with Gasteiger partial charge in [0.2, 0.25) is 5.91 Å². The zero-order valence-corrected chi connectivity index (χ0v) is 14.4. The molecule has 1 N–H and O–H groups in total. The number of thiophene rings is 1. The third-order valence-corrected chi connectivity index (χ3v) is 4.89. The van der Waals surface area contributed by atoms with Gasteiger partial charge in [0.15, 0.2) is 0 Å². The number of amides is 1. The van der Waals surface area contributed by atoms with Crippen LogP contribution in [0.1, 0.15) is 11.3 Å². The van der Waals surface area contributed by atoms with Crippen molar-refractivity contribution in [2.45, 2.75) is 19.5 Å². The third kappa shape index (κ3) is 3.83. The SMILES string of the molecule is O=C(CCn1nnc2ccccc2c1=O)NCc1ccc(Br)s1. The molecule has 1 amide bonds. The van der Waals surface area contributed by atoms with Gasteiger partial charge in [-0.1, -0.05) is 17.3 Å². The number of aryl methyl sites for hydroxylation is 1. The number of rotatable bonds is 5. The fraction of sp³-hybridized carbons (Fsp3) is 0.200. The third-order valence-electron chi connectivity index (χ3n) is 3.27. The lowest BCUT2D eigenvalue weighted by molar-refractivity contribution is -0.121. The first kappa shape index (κ1) is 15.8. The molecule has 3 rings (SSSR count). The molecule has 1 aromatic carbocycles. The van der Waals surface area contributed by atoms with Gasteiger partial charge in [-0.2, -0.15) is 0 Å². The van der Waals surface area contributed by atoms with Gasteiger partial charge < -0.3 is 5.32 Å². The Kier molecular flexibility index (Phi) is 4.82. The molecule has 0 fully saturated rings. The lowest BCUT2D eigenvalue weighted by atomic mass is 10.2. The Hall–Kier alpha value is -2.06. The van der Waals surface area contributed by atoms with E-state index in [1.807, 2.05) is 12.1 Å². The van der Waals surface area contributed by atoms with Crippen LogP contribution in [0.3, 0.4) is 0 Å². The number of hydrogen-bond acceptors (Lipinski definition) is 5. The number of fused-ring (bicyclic) bond motifs is 1. The van der Waals surface area contributed by atoms with Gasteiger partial charge in [0.05, 0.1) is 22.3 Å². The monoisotopic (exact) mass is 392 g/mol. The van der Waals surface area contributed by atoms with E-state index in [0.717, 1.165) is 8.66 Å². The Balaban J connectivity index is 1.60. The van der Waals surface area contributed by atoms with Gasteiger partial charge in [-0.15, -0.1) is 16.4 Å². The van der Waals surface area contributed by atoms with Crippen LogP contribution in [0.2, 0.25) is 0 Å². The molecule has 0 aliphatic rings. The Bertz CT molecular complexity index is 906. The zero-order chi connectivity index (χ0) is 16.2. The number of carbonyl (C=O) groups is 1. The maximum absolute atomic E-state index is 12.2. The molecule has 0 radical (unpaired) electrons. The number of hydrogen-bond donors (Lipinski definition) is 1. The van der Waals surface area contributed by atoms with E-state index < -0.39 is 0 Å². The first-order chi connectivity index (χ1) is 11.1. The number of aromatic nitrogens is 3. The van der Waals surface area contributed by atoms with Crippen molar-refractivity contribution in [2.75, 3.05) is 0 Å². The lowest BCUT2D eigenvalue weighted by Crippen LogP contribution is -2.29. The van der Waals surface area contributed by atoms with Crippen LogP contribution in [0.15, 0.2) is 45.0 Å². The largest absolute Gasteiger partial charge is 0.351 e. The highest BCUT2D eigenvalue weighted by molar-refractivity contribution is 9.11. The quantitative estimate of drug-likeness (QED) is 0.722. The molecule has 0 aliphatic carbocycles. The first-order valence-corrected chi connectivity index (χ1v) is 8.58. The van der Waals surface area contributed by atoms with Crippen LogP contribution in [0.4, 0.5) is 0 Å². The molecule has 0 saturated heterocycles. The predicted octanol–water partition coefficient (Wildman–Crippen LogP) is 2.32. The van der Waals surface area contributed by atoms with Crippen molar-refractivity contribution in [3.8, 4) is 0 Å². The minimum Gasteiger partial charge on any atom is -0.351 e. The molecule has 3 aromatic rings. The molecule has 6 nitrogen and oxygen atoms in total. The Morgan fingerprint density at radius 3 is 2.87 bits per heavy atom. The smallest absolute Gasteiger partial charge is 0.277 e. The fourth-order valence-electron chi connectivity index (χ4n) is 2.10. The van der Waals surface area contributed by atoms with E-state index in [4.69, 9.17) is 0 Å². The van der Waals surface area contributed by atoms with Crippen LogP contribution in [-0.2, 0) is 17.9 Å². The summed E-state index contributed by atoms with van der Waals surface area (Å²) in [6.07, 6.45) is 0.180. The number of nitrogens with one attached hydrogen (secondary N) is 1. The highest BCUT2D eigenvalue weighted by atomic mass is 79.9. The maximum atomic E-state index is 12.2. The standard InChI is InChI=1S/C15H13BrN4O2S/c16-13-6-5-10(23-13)9-17-14(21)7-8-20-15(22)11-3-1-2-4-12(11)18-19-20/h1-6H,7-9H2,(H,17,21). The molecular formula is C15H13BrN4O2S. The molecule has 118 valence electrons. The van der Waals surface area contributed by atoms with Crippen molar-refractivity contribution in [3.05, 3.63) is 55.4 Å². The van der Waals surface area contributed by atoms with Crippen molar-refractivity contribution >= 4 is 44.1 Å². The van der Waals surface area contributed by atoms with Crippen LogP contribution in [0.5, 0.6) is 0 Å². The van der Waals surface area contributed by atoms with E-state index in [-0.39, 0.29) is 24.4 Å². The fourth-order valence-corrected chi connectivity index (χ4v) is 3.52. The molecule has 2 aromatic heterocycles. The van der Waals surface area contributed by atoms with Gasteiger partial charge in [-0.05, 0) is 40.2 Å². The molecule has 0 unspecified atom stereocenters. The van der Waals surface area contributed by atoms with Gasteiger partial charge in [-0.25, -0.2) is 4.68 Å². The maximum Gasteiger partial charge on any atom is 0.277 e. The average molecular weight is 393 g/mol. The van der Waals surface area contributed by atoms with E-state index >= 15 is 0 Å². The summed E-state index contributed by atoms with van der Waals surface area (Å²) in [4.78, 5) is 25.2. The Morgan fingerprint density at radius 1 is 1.26 bits per heavy atom. The van der Waals surface area contributed by atoms with E-state index in [0.29, 0.717) is 17.4 Å². The topological polar surface area (TPSA) is 76.9 Å². The molecule has 2 heterocycles. The molecule has 0 bridgehead atoms. The minimum absolute atomic E-state index is 0.128. The van der Waals surface area contributed by atoms with Crippen LogP contribution < -0.4 is 10.9 Å². The summed E-state index contributed by atoms with van der Waals surface area (Å²) in [7, 11) is 0. The molecule has 0 saturated carbocycles. The summed E-state index contributed by atoms with van der Waals surface area (Å²) in [5.74, 6) is -0.128. The van der Waals surface area contributed by atoms with Crippen LogP contribution in [-0.4, -0.2) is 20.9 Å². The number of nitrogens with zero attached hydrogens (tertiary/aromatic N) is 3. The van der Waals surface area contributed by atoms with Crippen molar-refractivity contribution in [1.82, 2.24) is 20.3 Å².